The number of rotatable bonds is 4. The summed E-state index contributed by atoms with van der Waals surface area (Å²) in [6.07, 6.45) is 2.95. The third-order valence-electron chi connectivity index (χ3n) is 3.98. The van der Waals surface area contributed by atoms with Crippen LogP contribution < -0.4 is 5.32 Å². The number of esters is 1. The lowest BCUT2D eigenvalue weighted by atomic mass is 9.85. The molecule has 1 aliphatic carbocycles. The highest BCUT2D eigenvalue weighted by molar-refractivity contribution is 7.15. The number of anilines is 1. The molecule has 0 unspecified atom stereocenters. The Balaban J connectivity index is 1.94. The van der Waals surface area contributed by atoms with Crippen LogP contribution in [0.25, 0.3) is 11.1 Å². The molecule has 1 fully saturated rings. The Morgan fingerprint density at radius 3 is 2.55 bits per heavy atom. The minimum Gasteiger partial charge on any atom is -0.465 e. The number of amides is 1. The van der Waals surface area contributed by atoms with Crippen molar-refractivity contribution in [1.29, 1.82) is 0 Å². The third kappa shape index (κ3) is 2.76. The monoisotopic (exact) mass is 315 g/mol. The van der Waals surface area contributed by atoms with E-state index in [9.17, 15) is 9.59 Å². The summed E-state index contributed by atoms with van der Waals surface area (Å²) < 4.78 is 4.90. The molecule has 114 valence electrons. The van der Waals surface area contributed by atoms with Crippen molar-refractivity contribution in [3.05, 3.63) is 41.3 Å². The lowest BCUT2D eigenvalue weighted by Gasteiger charge is -2.23. The van der Waals surface area contributed by atoms with Crippen molar-refractivity contribution in [2.24, 2.45) is 5.92 Å². The van der Waals surface area contributed by atoms with Crippen molar-refractivity contribution in [3.63, 3.8) is 0 Å². The topological polar surface area (TPSA) is 55.4 Å². The maximum Gasteiger partial charge on any atom is 0.341 e. The molecule has 2 aromatic rings. The highest BCUT2D eigenvalue weighted by atomic mass is 32.1. The predicted octanol–water partition coefficient (Wildman–Crippen LogP) is 3.94. The van der Waals surface area contributed by atoms with E-state index in [1.165, 1.54) is 18.4 Å². The molecule has 1 aromatic carbocycles. The number of carbonyl (C=O) groups excluding carboxylic acids is 2. The molecule has 4 nitrogen and oxygen atoms in total. The Hall–Kier alpha value is -2.14. The summed E-state index contributed by atoms with van der Waals surface area (Å²) in [6, 6.07) is 9.63. The van der Waals surface area contributed by atoms with Gasteiger partial charge in [0.15, 0.2) is 0 Å². The highest BCUT2D eigenvalue weighted by Gasteiger charge is 2.28. The number of hydrogen-bond acceptors (Lipinski definition) is 4. The molecule has 1 amide bonds. The maximum atomic E-state index is 12.2. The largest absolute Gasteiger partial charge is 0.465 e. The first-order valence-corrected chi connectivity index (χ1v) is 8.14. The van der Waals surface area contributed by atoms with Gasteiger partial charge in [0.25, 0.3) is 0 Å². The van der Waals surface area contributed by atoms with Crippen LogP contribution in [0.2, 0.25) is 0 Å². The average molecular weight is 315 g/mol. The second-order valence-corrected chi connectivity index (χ2v) is 6.21. The number of ether oxygens (including phenoxy) is 1. The van der Waals surface area contributed by atoms with Crippen molar-refractivity contribution >= 4 is 28.2 Å². The molecule has 0 spiro atoms. The van der Waals surface area contributed by atoms with Gasteiger partial charge in [0.2, 0.25) is 5.91 Å². The van der Waals surface area contributed by atoms with Crippen LogP contribution in [-0.2, 0) is 9.53 Å². The summed E-state index contributed by atoms with van der Waals surface area (Å²) in [4.78, 5) is 24.3. The number of methoxy groups -OCH3 is 1. The van der Waals surface area contributed by atoms with E-state index in [4.69, 9.17) is 4.74 Å². The van der Waals surface area contributed by atoms with Crippen LogP contribution in [-0.4, -0.2) is 19.0 Å². The lowest BCUT2D eigenvalue weighted by Crippen LogP contribution is -2.28. The highest BCUT2D eigenvalue weighted by Crippen LogP contribution is 2.37. The summed E-state index contributed by atoms with van der Waals surface area (Å²) in [5.74, 6) is -0.352. The Kier molecular flexibility index (Phi) is 4.24. The third-order valence-corrected chi connectivity index (χ3v) is 4.87. The molecule has 3 rings (SSSR count). The minimum atomic E-state index is -0.427. The molecule has 5 heteroatoms. The second-order valence-electron chi connectivity index (χ2n) is 5.33. The first-order valence-electron chi connectivity index (χ1n) is 7.26. The fourth-order valence-corrected chi connectivity index (χ4v) is 3.43. The molecule has 1 saturated carbocycles. The molecule has 1 N–H and O–H groups in total. The number of thiophene rings is 1. The van der Waals surface area contributed by atoms with Crippen LogP contribution in [0.1, 0.15) is 29.6 Å². The Morgan fingerprint density at radius 2 is 1.95 bits per heavy atom. The summed E-state index contributed by atoms with van der Waals surface area (Å²) >= 11 is 1.36. The smallest absolute Gasteiger partial charge is 0.341 e. The molecule has 22 heavy (non-hydrogen) atoms. The fraction of sp³-hybridized carbons (Fsp3) is 0.294. The van der Waals surface area contributed by atoms with Crippen LogP contribution in [0.4, 0.5) is 5.00 Å². The van der Waals surface area contributed by atoms with Gasteiger partial charge in [-0.25, -0.2) is 4.79 Å². The van der Waals surface area contributed by atoms with Gasteiger partial charge in [0.05, 0.1) is 7.11 Å². The Bertz CT molecular complexity index is 689. The van der Waals surface area contributed by atoms with E-state index in [0.29, 0.717) is 10.6 Å². The quantitative estimate of drug-likeness (QED) is 0.869. The summed E-state index contributed by atoms with van der Waals surface area (Å²) in [5, 5.41) is 5.36. The molecule has 0 saturated heterocycles. The van der Waals surface area contributed by atoms with E-state index in [0.717, 1.165) is 30.4 Å². The van der Waals surface area contributed by atoms with Crippen molar-refractivity contribution in [3.8, 4) is 11.1 Å². The minimum absolute atomic E-state index is 0.00198. The van der Waals surface area contributed by atoms with Gasteiger partial charge in [-0.1, -0.05) is 36.8 Å². The van der Waals surface area contributed by atoms with Gasteiger partial charge in [-0.2, -0.15) is 0 Å². The van der Waals surface area contributed by atoms with Crippen LogP contribution in [0.15, 0.2) is 35.7 Å². The van der Waals surface area contributed by atoms with Crippen molar-refractivity contribution in [2.45, 2.75) is 19.3 Å². The first kappa shape index (κ1) is 14.8. The van der Waals surface area contributed by atoms with Crippen LogP contribution >= 0.6 is 11.3 Å². The zero-order valence-corrected chi connectivity index (χ0v) is 13.1. The summed E-state index contributed by atoms with van der Waals surface area (Å²) in [6.45, 7) is 0. The second kappa shape index (κ2) is 6.32. The molecule has 0 bridgehead atoms. The van der Waals surface area contributed by atoms with Crippen LogP contribution in [0, 0.1) is 5.92 Å². The number of hydrogen-bond donors (Lipinski definition) is 1. The van der Waals surface area contributed by atoms with Crippen molar-refractivity contribution in [1.82, 2.24) is 0 Å². The summed E-state index contributed by atoms with van der Waals surface area (Å²) in [7, 11) is 1.35. The van der Waals surface area contributed by atoms with Gasteiger partial charge >= 0.3 is 5.97 Å². The Morgan fingerprint density at radius 1 is 1.23 bits per heavy atom. The molecule has 0 atom stereocenters. The standard InChI is InChI=1S/C17H17NO3S/c1-21-17(20)14-13(11-6-3-2-4-7-11)10-22-16(14)18-15(19)12-8-5-9-12/h2-4,6-7,10,12H,5,8-9H2,1H3,(H,18,19). The maximum absolute atomic E-state index is 12.2. The first-order chi connectivity index (χ1) is 10.7. The zero-order chi connectivity index (χ0) is 15.5. The molecular weight excluding hydrogens is 298 g/mol. The predicted molar refractivity (Wildman–Crippen MR) is 87.1 cm³/mol. The van der Waals surface area contributed by atoms with E-state index in [2.05, 4.69) is 5.32 Å². The average Bonchev–Trinajstić information content (AvgIpc) is 2.89. The van der Waals surface area contributed by atoms with Gasteiger partial charge in [-0.3, -0.25) is 4.79 Å². The molecule has 1 heterocycles. The zero-order valence-electron chi connectivity index (χ0n) is 12.3. The van der Waals surface area contributed by atoms with E-state index in [-0.39, 0.29) is 11.8 Å². The van der Waals surface area contributed by atoms with Crippen LogP contribution in [0.3, 0.4) is 0 Å². The van der Waals surface area contributed by atoms with E-state index < -0.39 is 5.97 Å². The van der Waals surface area contributed by atoms with Crippen molar-refractivity contribution < 1.29 is 14.3 Å². The van der Waals surface area contributed by atoms with Crippen LogP contribution in [0.5, 0.6) is 0 Å². The van der Waals surface area contributed by atoms with E-state index in [1.54, 1.807) is 0 Å². The van der Waals surface area contributed by atoms with Gasteiger partial charge in [0.1, 0.15) is 10.6 Å². The lowest BCUT2D eigenvalue weighted by molar-refractivity contribution is -0.122. The van der Waals surface area contributed by atoms with Crippen molar-refractivity contribution in [2.75, 3.05) is 12.4 Å². The SMILES string of the molecule is COC(=O)c1c(-c2ccccc2)csc1NC(=O)C1CCC1. The van der Waals surface area contributed by atoms with Gasteiger partial charge in [-0.15, -0.1) is 11.3 Å². The van der Waals surface area contributed by atoms with E-state index >= 15 is 0 Å². The molecule has 0 radical (unpaired) electrons. The number of nitrogens with one attached hydrogen (secondary N) is 1. The molecule has 0 aliphatic heterocycles. The number of carbonyl (C=O) groups is 2. The van der Waals surface area contributed by atoms with Gasteiger partial charge in [0, 0.05) is 16.9 Å². The molecular formula is C17H17NO3S. The summed E-state index contributed by atoms with van der Waals surface area (Å²) in [5.41, 5.74) is 2.16. The molecule has 1 aromatic heterocycles. The normalized spacial score (nSPS) is 14.2. The van der Waals surface area contributed by atoms with E-state index in [1.807, 2.05) is 35.7 Å². The van der Waals surface area contributed by atoms with Gasteiger partial charge < -0.3 is 10.1 Å². The number of benzene rings is 1. The van der Waals surface area contributed by atoms with Gasteiger partial charge in [-0.05, 0) is 18.4 Å². The molecule has 1 aliphatic rings. The Labute approximate surface area is 133 Å². The fourth-order valence-electron chi connectivity index (χ4n) is 2.47.